The molecule has 0 unspecified atom stereocenters. The fourth-order valence-corrected chi connectivity index (χ4v) is 1.61. The second-order valence-electron chi connectivity index (χ2n) is 3.62. The molecular weight excluding hydrogens is 259 g/mol. The zero-order valence-corrected chi connectivity index (χ0v) is 9.77. The molecule has 0 N–H and O–H groups in total. The number of nitriles is 1. The summed E-state index contributed by atoms with van der Waals surface area (Å²) < 4.78 is 44.1. The number of hydrogen-bond acceptors (Lipinski definition) is 3. The molecule has 0 bridgehead atoms. The highest BCUT2D eigenvalue weighted by atomic mass is 19.4. The van der Waals surface area contributed by atoms with E-state index < -0.39 is 17.4 Å². The average Bonchev–Trinajstić information content (AvgIpc) is 2.82. The highest BCUT2D eigenvalue weighted by Crippen LogP contribution is 2.32. The second-order valence-corrected chi connectivity index (χ2v) is 3.62. The third kappa shape index (κ3) is 2.38. The number of nitrogens with zero attached hydrogens (tertiary/aromatic N) is 3. The van der Waals surface area contributed by atoms with Crippen molar-refractivity contribution in [3.05, 3.63) is 41.7 Å². The van der Waals surface area contributed by atoms with E-state index in [4.69, 9.17) is 10.00 Å². The van der Waals surface area contributed by atoms with Crippen LogP contribution in [0, 0.1) is 11.3 Å². The summed E-state index contributed by atoms with van der Waals surface area (Å²) in [4.78, 5) is 0. The standard InChI is InChI=1S/C12H8F3N3O/c1-19-10-5-3-2-4-9(10)18-7-8(6-16)11(17-18)12(13,14)15/h2-5,7H,1H3. The first-order valence-electron chi connectivity index (χ1n) is 5.17. The van der Waals surface area contributed by atoms with E-state index in [-0.39, 0.29) is 0 Å². The molecule has 0 amide bonds. The average molecular weight is 267 g/mol. The summed E-state index contributed by atoms with van der Waals surface area (Å²) in [7, 11) is 1.40. The normalized spacial score (nSPS) is 11.1. The monoisotopic (exact) mass is 267 g/mol. The number of para-hydroxylation sites is 2. The molecule has 0 fully saturated rings. The molecule has 98 valence electrons. The van der Waals surface area contributed by atoms with E-state index >= 15 is 0 Å². The van der Waals surface area contributed by atoms with Crippen LogP contribution < -0.4 is 4.74 Å². The fourth-order valence-electron chi connectivity index (χ4n) is 1.61. The number of halogens is 3. The van der Waals surface area contributed by atoms with Crippen molar-refractivity contribution in [2.24, 2.45) is 0 Å². The number of benzene rings is 1. The molecule has 1 heterocycles. The molecule has 2 rings (SSSR count). The Morgan fingerprint density at radius 1 is 1.32 bits per heavy atom. The van der Waals surface area contributed by atoms with Gasteiger partial charge in [0, 0.05) is 6.20 Å². The van der Waals surface area contributed by atoms with E-state index in [0.29, 0.717) is 11.4 Å². The SMILES string of the molecule is COc1ccccc1-n1cc(C#N)c(C(F)(F)F)n1. The van der Waals surface area contributed by atoms with Gasteiger partial charge in [-0.15, -0.1) is 0 Å². The lowest BCUT2D eigenvalue weighted by Gasteiger charge is -2.07. The molecule has 1 aromatic heterocycles. The Hall–Kier alpha value is -2.49. The van der Waals surface area contributed by atoms with Gasteiger partial charge in [-0.1, -0.05) is 12.1 Å². The van der Waals surface area contributed by atoms with Crippen LogP contribution in [0.15, 0.2) is 30.5 Å². The minimum absolute atomic E-state index is 0.331. The van der Waals surface area contributed by atoms with E-state index in [2.05, 4.69) is 5.10 Å². The Morgan fingerprint density at radius 3 is 2.53 bits per heavy atom. The molecule has 1 aromatic carbocycles. The quantitative estimate of drug-likeness (QED) is 0.840. The Labute approximate surface area is 106 Å². The summed E-state index contributed by atoms with van der Waals surface area (Å²) in [5.74, 6) is 0.364. The van der Waals surface area contributed by atoms with Crippen LogP contribution in [0.25, 0.3) is 5.69 Å². The van der Waals surface area contributed by atoms with Gasteiger partial charge in [0.15, 0.2) is 5.69 Å². The van der Waals surface area contributed by atoms with E-state index in [9.17, 15) is 13.2 Å². The molecule has 4 nitrogen and oxygen atoms in total. The van der Waals surface area contributed by atoms with Crippen molar-refractivity contribution < 1.29 is 17.9 Å². The molecule has 0 aliphatic rings. The van der Waals surface area contributed by atoms with Gasteiger partial charge < -0.3 is 4.74 Å². The van der Waals surface area contributed by atoms with Gasteiger partial charge in [-0.05, 0) is 12.1 Å². The smallest absolute Gasteiger partial charge is 0.436 e. The topological polar surface area (TPSA) is 50.8 Å². The van der Waals surface area contributed by atoms with Gasteiger partial charge in [0.2, 0.25) is 0 Å². The second kappa shape index (κ2) is 4.65. The zero-order chi connectivity index (χ0) is 14.0. The number of alkyl halides is 3. The maximum Gasteiger partial charge on any atom is 0.436 e. The summed E-state index contributed by atoms with van der Waals surface area (Å²) in [6.45, 7) is 0. The third-order valence-electron chi connectivity index (χ3n) is 2.44. The van der Waals surface area contributed by atoms with E-state index in [0.717, 1.165) is 10.9 Å². The predicted octanol–water partition coefficient (Wildman–Crippen LogP) is 2.77. The minimum atomic E-state index is -4.67. The first-order valence-corrected chi connectivity index (χ1v) is 5.17. The van der Waals surface area contributed by atoms with Crippen molar-refractivity contribution in [3.63, 3.8) is 0 Å². The van der Waals surface area contributed by atoms with Crippen LogP contribution in [0.5, 0.6) is 5.75 Å². The summed E-state index contributed by atoms with van der Waals surface area (Å²) in [5.41, 5.74) is -1.41. The van der Waals surface area contributed by atoms with Gasteiger partial charge in [-0.2, -0.15) is 23.5 Å². The van der Waals surface area contributed by atoms with Crippen LogP contribution in [-0.4, -0.2) is 16.9 Å². The van der Waals surface area contributed by atoms with Crippen molar-refractivity contribution >= 4 is 0 Å². The van der Waals surface area contributed by atoms with Crippen molar-refractivity contribution in [1.82, 2.24) is 9.78 Å². The van der Waals surface area contributed by atoms with Crippen LogP contribution in [0.4, 0.5) is 13.2 Å². The van der Waals surface area contributed by atoms with E-state index in [1.54, 1.807) is 24.3 Å². The lowest BCUT2D eigenvalue weighted by atomic mass is 10.2. The largest absolute Gasteiger partial charge is 0.494 e. The Morgan fingerprint density at radius 2 is 2.00 bits per heavy atom. The molecule has 0 saturated carbocycles. The number of ether oxygens (including phenoxy) is 1. The van der Waals surface area contributed by atoms with E-state index in [1.807, 2.05) is 0 Å². The Bertz CT molecular complexity index is 640. The zero-order valence-electron chi connectivity index (χ0n) is 9.77. The summed E-state index contributed by atoms with van der Waals surface area (Å²) in [6, 6.07) is 7.95. The molecule has 19 heavy (non-hydrogen) atoms. The summed E-state index contributed by atoms with van der Waals surface area (Å²) >= 11 is 0. The van der Waals surface area contributed by atoms with Crippen molar-refractivity contribution in [2.45, 2.75) is 6.18 Å². The molecule has 0 saturated heterocycles. The van der Waals surface area contributed by atoms with E-state index in [1.165, 1.54) is 13.2 Å². The Kier molecular flexibility index (Phi) is 3.17. The summed E-state index contributed by atoms with van der Waals surface area (Å²) in [5, 5.41) is 12.2. The molecule has 0 aliphatic heterocycles. The molecular formula is C12H8F3N3O. The highest BCUT2D eigenvalue weighted by molar-refractivity contribution is 5.47. The van der Waals surface area contributed by atoms with Crippen LogP contribution in [-0.2, 0) is 6.18 Å². The Balaban J connectivity index is 2.59. The molecule has 0 atom stereocenters. The van der Waals surface area contributed by atoms with Crippen molar-refractivity contribution in [1.29, 1.82) is 5.26 Å². The van der Waals surface area contributed by atoms with Crippen molar-refractivity contribution in [3.8, 4) is 17.5 Å². The van der Waals surface area contributed by atoms with Crippen LogP contribution in [0.3, 0.4) is 0 Å². The lowest BCUT2D eigenvalue weighted by molar-refractivity contribution is -0.141. The van der Waals surface area contributed by atoms with Gasteiger partial charge >= 0.3 is 6.18 Å². The maximum absolute atomic E-state index is 12.7. The molecule has 0 spiro atoms. The van der Waals surface area contributed by atoms with Gasteiger partial charge in [-0.3, -0.25) is 0 Å². The van der Waals surface area contributed by atoms with Crippen LogP contribution in [0.1, 0.15) is 11.3 Å². The fraction of sp³-hybridized carbons (Fsp3) is 0.167. The number of hydrogen-bond donors (Lipinski definition) is 0. The van der Waals surface area contributed by atoms with Gasteiger partial charge in [0.05, 0.1) is 7.11 Å². The molecule has 7 heteroatoms. The highest BCUT2D eigenvalue weighted by Gasteiger charge is 2.37. The van der Waals surface area contributed by atoms with Crippen LogP contribution in [0.2, 0.25) is 0 Å². The van der Waals surface area contributed by atoms with Crippen molar-refractivity contribution in [2.75, 3.05) is 7.11 Å². The number of methoxy groups -OCH3 is 1. The first kappa shape index (κ1) is 13.0. The minimum Gasteiger partial charge on any atom is -0.494 e. The molecule has 0 radical (unpaired) electrons. The maximum atomic E-state index is 12.7. The predicted molar refractivity (Wildman–Crippen MR) is 59.8 cm³/mol. The number of aromatic nitrogens is 2. The van der Waals surface area contributed by atoms with Gasteiger partial charge in [0.25, 0.3) is 0 Å². The van der Waals surface area contributed by atoms with Gasteiger partial charge in [0.1, 0.15) is 23.1 Å². The third-order valence-corrected chi connectivity index (χ3v) is 2.44. The summed E-state index contributed by atoms with van der Waals surface area (Å²) in [6.07, 6.45) is -3.64. The van der Waals surface area contributed by atoms with Gasteiger partial charge in [-0.25, -0.2) is 4.68 Å². The van der Waals surface area contributed by atoms with Crippen LogP contribution >= 0.6 is 0 Å². The number of rotatable bonds is 2. The lowest BCUT2D eigenvalue weighted by Crippen LogP contribution is -2.09. The molecule has 2 aromatic rings. The molecule has 0 aliphatic carbocycles. The first-order chi connectivity index (χ1) is 8.97.